The highest BCUT2D eigenvalue weighted by Gasteiger charge is 2.13. The Morgan fingerprint density at radius 2 is 1.58 bits per heavy atom. The van der Waals surface area contributed by atoms with Gasteiger partial charge in [0.15, 0.2) is 9.84 Å². The lowest BCUT2D eigenvalue weighted by Gasteiger charge is -2.05. The third-order valence-corrected chi connectivity index (χ3v) is 5.61. The second kappa shape index (κ2) is 6.12. The van der Waals surface area contributed by atoms with Crippen LogP contribution in [0.25, 0.3) is 0 Å². The van der Waals surface area contributed by atoms with Crippen LogP contribution in [-0.2, 0) is 9.84 Å². The Kier molecular flexibility index (Phi) is 4.50. The minimum absolute atomic E-state index is 0.122. The van der Waals surface area contributed by atoms with Crippen molar-refractivity contribution in [2.45, 2.75) is 9.79 Å². The van der Waals surface area contributed by atoms with Gasteiger partial charge < -0.3 is 5.73 Å². The molecule has 0 fully saturated rings. The highest BCUT2D eigenvalue weighted by molar-refractivity contribution is 8.00. The van der Waals surface area contributed by atoms with Gasteiger partial charge in [-0.15, -0.1) is 11.8 Å². The summed E-state index contributed by atoms with van der Waals surface area (Å²) in [5, 5.41) is 0. The Morgan fingerprint density at radius 1 is 0.947 bits per heavy atom. The summed E-state index contributed by atoms with van der Waals surface area (Å²) in [6, 6.07) is 16.1. The van der Waals surface area contributed by atoms with Gasteiger partial charge in [0.05, 0.1) is 10.6 Å². The van der Waals surface area contributed by atoms with Crippen LogP contribution in [0.4, 0.5) is 5.69 Å². The van der Waals surface area contributed by atoms with Crippen LogP contribution < -0.4 is 5.73 Å². The summed E-state index contributed by atoms with van der Waals surface area (Å²) in [6.07, 6.45) is 0. The van der Waals surface area contributed by atoms with Crippen molar-refractivity contribution in [3.05, 3.63) is 54.6 Å². The Morgan fingerprint density at radius 3 is 2.21 bits per heavy atom. The van der Waals surface area contributed by atoms with Crippen LogP contribution in [0.1, 0.15) is 0 Å². The molecule has 0 aliphatic rings. The van der Waals surface area contributed by atoms with Crippen LogP contribution in [0.2, 0.25) is 0 Å². The average molecular weight is 293 g/mol. The number of hydrogen-bond acceptors (Lipinski definition) is 4. The molecule has 0 radical (unpaired) electrons. The molecule has 3 nitrogen and oxygen atoms in total. The Balaban J connectivity index is 1.97. The first-order chi connectivity index (χ1) is 9.08. The van der Waals surface area contributed by atoms with Gasteiger partial charge in [-0.2, -0.15) is 0 Å². The van der Waals surface area contributed by atoms with Gasteiger partial charge in [0.2, 0.25) is 0 Å². The summed E-state index contributed by atoms with van der Waals surface area (Å²) in [5.74, 6) is 0.660. The second-order valence-electron chi connectivity index (χ2n) is 4.05. The fourth-order valence-corrected chi connectivity index (χ4v) is 4.16. The van der Waals surface area contributed by atoms with Crippen LogP contribution in [0.15, 0.2) is 64.4 Å². The molecule has 0 aromatic heterocycles. The molecule has 2 N–H and O–H groups in total. The third-order valence-electron chi connectivity index (χ3n) is 2.60. The zero-order valence-corrected chi connectivity index (χ0v) is 12.0. The van der Waals surface area contributed by atoms with Crippen LogP contribution in [0, 0.1) is 0 Å². The summed E-state index contributed by atoms with van der Waals surface area (Å²) >= 11 is 1.54. The molecular weight excluding hydrogens is 278 g/mol. The highest BCUT2D eigenvalue weighted by atomic mass is 32.2. The molecule has 0 bridgehead atoms. The SMILES string of the molecule is Nc1ccc(S(=O)(=O)CCSc2ccccc2)cc1. The van der Waals surface area contributed by atoms with Gasteiger partial charge in [0.1, 0.15) is 0 Å². The topological polar surface area (TPSA) is 60.2 Å². The first-order valence-corrected chi connectivity index (χ1v) is 8.48. The summed E-state index contributed by atoms with van der Waals surface area (Å²) in [6.45, 7) is 0. The van der Waals surface area contributed by atoms with Crippen molar-refractivity contribution in [1.29, 1.82) is 0 Å². The zero-order valence-electron chi connectivity index (χ0n) is 10.3. The number of nitrogen functional groups attached to an aromatic ring is 1. The Bertz CT molecular complexity index is 622. The minimum Gasteiger partial charge on any atom is -0.399 e. The number of anilines is 1. The molecule has 0 aliphatic heterocycles. The highest BCUT2D eigenvalue weighted by Crippen LogP contribution is 2.19. The molecule has 100 valence electrons. The summed E-state index contributed by atoms with van der Waals surface area (Å²) in [7, 11) is -3.22. The molecule has 0 unspecified atom stereocenters. The van der Waals surface area contributed by atoms with E-state index >= 15 is 0 Å². The molecule has 0 aliphatic carbocycles. The van der Waals surface area contributed by atoms with E-state index in [2.05, 4.69) is 0 Å². The lowest BCUT2D eigenvalue weighted by Crippen LogP contribution is -2.08. The monoisotopic (exact) mass is 293 g/mol. The largest absolute Gasteiger partial charge is 0.399 e. The van der Waals surface area contributed by atoms with Gasteiger partial charge in [-0.05, 0) is 36.4 Å². The maximum absolute atomic E-state index is 12.1. The molecular formula is C14H15NO2S2. The van der Waals surface area contributed by atoms with E-state index in [1.165, 1.54) is 0 Å². The predicted molar refractivity (Wildman–Crippen MR) is 80.1 cm³/mol. The van der Waals surface area contributed by atoms with E-state index in [0.717, 1.165) is 4.90 Å². The molecule has 5 heteroatoms. The van der Waals surface area contributed by atoms with Crippen molar-refractivity contribution >= 4 is 27.3 Å². The van der Waals surface area contributed by atoms with E-state index in [-0.39, 0.29) is 5.75 Å². The first-order valence-electron chi connectivity index (χ1n) is 5.84. The van der Waals surface area contributed by atoms with E-state index in [1.54, 1.807) is 36.0 Å². The molecule has 0 atom stereocenters. The zero-order chi connectivity index (χ0) is 13.7. The normalized spacial score (nSPS) is 11.4. The van der Waals surface area contributed by atoms with E-state index in [9.17, 15) is 8.42 Å². The molecule has 2 aromatic carbocycles. The van der Waals surface area contributed by atoms with Crippen molar-refractivity contribution in [1.82, 2.24) is 0 Å². The molecule has 0 heterocycles. The smallest absolute Gasteiger partial charge is 0.179 e. The van der Waals surface area contributed by atoms with Crippen molar-refractivity contribution in [2.24, 2.45) is 0 Å². The fraction of sp³-hybridized carbons (Fsp3) is 0.143. The maximum atomic E-state index is 12.1. The number of nitrogens with two attached hydrogens (primary N) is 1. The van der Waals surface area contributed by atoms with Crippen LogP contribution in [-0.4, -0.2) is 19.9 Å². The van der Waals surface area contributed by atoms with Gasteiger partial charge in [-0.25, -0.2) is 8.42 Å². The molecule has 0 saturated heterocycles. The fourth-order valence-electron chi connectivity index (χ4n) is 1.58. The number of thioether (sulfide) groups is 1. The van der Waals surface area contributed by atoms with Crippen LogP contribution in [0.3, 0.4) is 0 Å². The quantitative estimate of drug-likeness (QED) is 0.680. The van der Waals surface area contributed by atoms with Crippen molar-refractivity contribution in [3.63, 3.8) is 0 Å². The van der Waals surface area contributed by atoms with Crippen LogP contribution in [0.5, 0.6) is 0 Å². The first kappa shape index (κ1) is 14.0. The standard InChI is InChI=1S/C14H15NO2S2/c15-12-6-8-14(9-7-12)19(16,17)11-10-18-13-4-2-1-3-5-13/h1-9H,10-11,15H2. The molecule has 2 aromatic rings. The molecule has 2 rings (SSSR count). The number of benzene rings is 2. The summed E-state index contributed by atoms with van der Waals surface area (Å²) < 4.78 is 24.2. The second-order valence-corrected chi connectivity index (χ2v) is 7.33. The van der Waals surface area contributed by atoms with E-state index in [1.807, 2.05) is 30.3 Å². The summed E-state index contributed by atoms with van der Waals surface area (Å²) in [5.41, 5.74) is 6.11. The number of hydrogen-bond donors (Lipinski definition) is 1. The van der Waals surface area contributed by atoms with Gasteiger partial charge in [0, 0.05) is 16.3 Å². The van der Waals surface area contributed by atoms with Gasteiger partial charge in [0.25, 0.3) is 0 Å². The Hall–Kier alpha value is -1.46. The predicted octanol–water partition coefficient (Wildman–Crippen LogP) is 2.83. The molecule has 19 heavy (non-hydrogen) atoms. The van der Waals surface area contributed by atoms with E-state index in [4.69, 9.17) is 5.73 Å². The minimum atomic E-state index is -3.22. The number of sulfone groups is 1. The van der Waals surface area contributed by atoms with E-state index < -0.39 is 9.84 Å². The third kappa shape index (κ3) is 4.01. The van der Waals surface area contributed by atoms with Crippen molar-refractivity contribution in [3.8, 4) is 0 Å². The molecule has 0 amide bonds. The van der Waals surface area contributed by atoms with Gasteiger partial charge >= 0.3 is 0 Å². The van der Waals surface area contributed by atoms with Crippen molar-refractivity contribution in [2.75, 3.05) is 17.2 Å². The van der Waals surface area contributed by atoms with Crippen molar-refractivity contribution < 1.29 is 8.42 Å². The molecule has 0 spiro atoms. The lowest BCUT2D eigenvalue weighted by atomic mass is 10.3. The lowest BCUT2D eigenvalue weighted by molar-refractivity contribution is 0.597. The summed E-state index contributed by atoms with van der Waals surface area (Å²) in [4.78, 5) is 1.41. The number of rotatable bonds is 5. The molecule has 0 saturated carbocycles. The Labute approximate surface area is 117 Å². The maximum Gasteiger partial charge on any atom is 0.179 e. The van der Waals surface area contributed by atoms with Gasteiger partial charge in [-0.1, -0.05) is 18.2 Å². The average Bonchev–Trinajstić information content (AvgIpc) is 2.40. The van der Waals surface area contributed by atoms with Crippen LogP contribution >= 0.6 is 11.8 Å². The van der Waals surface area contributed by atoms with E-state index in [0.29, 0.717) is 16.3 Å². The van der Waals surface area contributed by atoms with Gasteiger partial charge in [-0.3, -0.25) is 0 Å².